The van der Waals surface area contributed by atoms with E-state index in [0.717, 1.165) is 6.07 Å². The number of hydrogen-bond acceptors (Lipinski definition) is 4. The molecule has 5 nitrogen and oxygen atoms in total. The molecule has 0 unspecified atom stereocenters. The van der Waals surface area contributed by atoms with Crippen molar-refractivity contribution in [3.63, 3.8) is 0 Å². The normalized spacial score (nSPS) is 14.1. The third-order valence-corrected chi connectivity index (χ3v) is 3.56. The number of nitriles is 1. The molecule has 0 radical (unpaired) electrons. The predicted molar refractivity (Wildman–Crippen MR) is 80.0 cm³/mol. The Morgan fingerprint density at radius 1 is 0.647 bits per heavy atom. The topological polar surface area (TPSA) is 98.0 Å². The van der Waals surface area contributed by atoms with Crippen molar-refractivity contribution < 1.29 is 65.9 Å². The summed E-state index contributed by atoms with van der Waals surface area (Å²) in [6.45, 7) is 0. The average Bonchev–Trinajstić information content (AvgIpc) is 2.55. The largest absolute Gasteiger partial charge is 0.419 e. The smallest absolute Gasteiger partial charge is 0.382 e. The second-order valence-electron chi connectivity index (χ2n) is 5.84. The Labute approximate surface area is 176 Å². The van der Waals surface area contributed by atoms with Crippen LogP contribution in [0.3, 0.4) is 0 Å². The van der Waals surface area contributed by atoms with Gasteiger partial charge in [0.05, 0.1) is 33.5 Å². The first-order valence-electron chi connectivity index (χ1n) is 7.54. The lowest BCUT2D eigenvalue weighted by Gasteiger charge is -2.30. The second-order valence-corrected chi connectivity index (χ2v) is 5.84. The van der Waals surface area contributed by atoms with E-state index in [0.29, 0.717) is 5.43 Å². The van der Waals surface area contributed by atoms with E-state index in [-0.39, 0.29) is 0 Å². The fourth-order valence-corrected chi connectivity index (χ4v) is 2.54. The Balaban J connectivity index is 4.72. The Bertz CT molecular complexity index is 992. The first kappa shape index (κ1) is 28.6. The highest BCUT2D eigenvalue weighted by Crippen LogP contribution is 2.58. The van der Waals surface area contributed by atoms with E-state index in [1.165, 1.54) is 0 Å². The maximum atomic E-state index is 13.4. The summed E-state index contributed by atoms with van der Waals surface area (Å²) in [6.07, 6.45) is -34.5. The van der Waals surface area contributed by atoms with E-state index in [9.17, 15) is 65.9 Å². The van der Waals surface area contributed by atoms with Gasteiger partial charge in [-0.25, -0.2) is 0 Å². The van der Waals surface area contributed by atoms with Crippen LogP contribution in [0.15, 0.2) is 5.10 Å². The number of nitrogens with zero attached hydrogens (tertiary/aromatic N) is 2. The van der Waals surface area contributed by atoms with E-state index in [4.69, 9.17) is 10.7 Å². The molecule has 20 heteroatoms. The zero-order valence-electron chi connectivity index (χ0n) is 15.1. The summed E-state index contributed by atoms with van der Waals surface area (Å²) < 4.78 is 200. The molecule has 0 amide bonds. The molecule has 0 aromatic heterocycles. The molecule has 0 bridgehead atoms. The minimum atomic E-state index is -7.03. The van der Waals surface area contributed by atoms with E-state index >= 15 is 0 Å². The molecule has 0 aliphatic rings. The molecule has 0 aliphatic carbocycles. The molecule has 190 valence electrons. The number of hydrogen-bond donors (Lipinski definition) is 3. The Morgan fingerprint density at radius 2 is 0.912 bits per heavy atom. The molecule has 1 aromatic carbocycles. The molecule has 34 heavy (non-hydrogen) atoms. The molecule has 0 atom stereocenters. The van der Waals surface area contributed by atoms with Crippen LogP contribution in [0.4, 0.5) is 71.5 Å². The standard InChI is InChI=1S/C14H4F15N5/c15-10(16,17)3-4(11(18,19)20)6(13(24,25)26)8(34-33-2(1-30)9(31)32)7(14(27,28)29)5(3)12(21,22)23/h34H,(H3,31,32)/b33-2+. The van der Waals surface area contributed by atoms with Crippen molar-refractivity contribution in [1.29, 1.82) is 10.7 Å². The van der Waals surface area contributed by atoms with Crippen molar-refractivity contribution in [2.24, 2.45) is 10.8 Å². The van der Waals surface area contributed by atoms with Crippen LogP contribution in [0.1, 0.15) is 27.8 Å². The van der Waals surface area contributed by atoms with Gasteiger partial charge in [-0.05, 0) is 0 Å². The maximum Gasteiger partial charge on any atom is 0.419 e. The van der Waals surface area contributed by atoms with Crippen LogP contribution in [-0.2, 0) is 30.9 Å². The van der Waals surface area contributed by atoms with Crippen molar-refractivity contribution in [3.05, 3.63) is 27.8 Å². The molecule has 0 aliphatic heterocycles. The fraction of sp³-hybridized carbons (Fsp3) is 0.357. The van der Waals surface area contributed by atoms with E-state index in [2.05, 4.69) is 10.8 Å². The molecule has 0 saturated heterocycles. The van der Waals surface area contributed by atoms with Crippen LogP contribution in [0, 0.1) is 16.7 Å². The second kappa shape index (κ2) is 8.43. The number of amidine groups is 1. The third kappa shape index (κ3) is 5.74. The minimum absolute atomic E-state index is 0.468. The van der Waals surface area contributed by atoms with Gasteiger partial charge in [-0.3, -0.25) is 10.8 Å². The van der Waals surface area contributed by atoms with Crippen LogP contribution < -0.4 is 11.2 Å². The average molecular weight is 527 g/mol. The molecule has 1 aromatic rings. The number of nitrogens with one attached hydrogen (secondary N) is 2. The molecular formula is C14H4F15N5. The third-order valence-electron chi connectivity index (χ3n) is 3.56. The summed E-state index contributed by atoms with van der Waals surface area (Å²) in [7, 11) is 0. The maximum absolute atomic E-state index is 13.4. The highest BCUT2D eigenvalue weighted by Gasteiger charge is 2.60. The van der Waals surface area contributed by atoms with Gasteiger partial charge < -0.3 is 5.73 Å². The lowest BCUT2D eigenvalue weighted by atomic mass is 9.87. The van der Waals surface area contributed by atoms with Gasteiger partial charge in [0.15, 0.2) is 5.84 Å². The van der Waals surface area contributed by atoms with Crippen molar-refractivity contribution in [2.45, 2.75) is 30.9 Å². The summed E-state index contributed by atoms with van der Waals surface area (Å²) in [6, 6.07) is 0.765. The number of anilines is 1. The molecular weight excluding hydrogens is 523 g/mol. The van der Waals surface area contributed by atoms with E-state index in [1.54, 1.807) is 0 Å². The van der Waals surface area contributed by atoms with E-state index in [1.807, 2.05) is 0 Å². The molecule has 0 spiro atoms. The quantitative estimate of drug-likeness (QED) is 0.195. The zero-order valence-corrected chi connectivity index (χ0v) is 15.1. The van der Waals surface area contributed by atoms with Crippen LogP contribution >= 0.6 is 0 Å². The molecule has 0 heterocycles. The van der Waals surface area contributed by atoms with Crippen LogP contribution in [0.5, 0.6) is 0 Å². The molecule has 0 saturated carbocycles. The number of hydrazone groups is 1. The summed E-state index contributed by atoms with van der Waals surface area (Å²) in [5.74, 6) is -1.53. The Morgan fingerprint density at radius 3 is 1.12 bits per heavy atom. The number of nitrogens with two attached hydrogens (primary N) is 1. The van der Waals surface area contributed by atoms with Gasteiger partial charge in [-0.2, -0.15) is 76.2 Å². The van der Waals surface area contributed by atoms with Crippen LogP contribution in [0.2, 0.25) is 0 Å². The van der Waals surface area contributed by atoms with Gasteiger partial charge in [0, 0.05) is 0 Å². The minimum Gasteiger partial charge on any atom is -0.382 e. The molecule has 1 rings (SSSR count). The van der Waals surface area contributed by atoms with Gasteiger partial charge in [0.25, 0.3) is 0 Å². The van der Waals surface area contributed by atoms with Gasteiger partial charge in [0.1, 0.15) is 6.07 Å². The van der Waals surface area contributed by atoms with Crippen molar-refractivity contribution in [3.8, 4) is 6.07 Å². The van der Waals surface area contributed by atoms with Crippen molar-refractivity contribution in [2.75, 3.05) is 5.43 Å². The SMILES string of the molecule is N#C/C(=N\Nc1c(C(F)(F)F)c(C(F)(F)F)c(C(F)(F)F)c(C(F)(F)F)c1C(F)(F)F)C(=N)N. The lowest BCUT2D eigenvalue weighted by Crippen LogP contribution is -2.32. The summed E-state index contributed by atoms with van der Waals surface area (Å²) in [4.78, 5) is 0. The molecule has 0 fully saturated rings. The predicted octanol–water partition coefficient (Wildman–Crippen LogP) is 6.01. The lowest BCUT2D eigenvalue weighted by molar-refractivity contribution is -0.188. The summed E-state index contributed by atoms with van der Waals surface area (Å²) in [5.41, 5.74) is -20.1. The monoisotopic (exact) mass is 527 g/mol. The Hall–Kier alpha value is -3.40. The van der Waals surface area contributed by atoms with Gasteiger partial charge in [0.2, 0.25) is 5.71 Å². The number of benzene rings is 1. The fourth-order valence-electron chi connectivity index (χ4n) is 2.54. The highest BCUT2D eigenvalue weighted by atomic mass is 19.4. The summed E-state index contributed by atoms with van der Waals surface area (Å²) in [5, 5.41) is 17.7. The number of rotatable bonds is 3. The first-order chi connectivity index (χ1) is 14.9. The molecule has 4 N–H and O–H groups in total. The first-order valence-corrected chi connectivity index (χ1v) is 7.54. The van der Waals surface area contributed by atoms with Crippen LogP contribution in [-0.4, -0.2) is 11.5 Å². The zero-order chi connectivity index (χ0) is 27.2. The number of halogens is 15. The van der Waals surface area contributed by atoms with Crippen LogP contribution in [0.25, 0.3) is 0 Å². The van der Waals surface area contributed by atoms with Gasteiger partial charge in [-0.1, -0.05) is 0 Å². The summed E-state index contributed by atoms with van der Waals surface area (Å²) >= 11 is 0. The van der Waals surface area contributed by atoms with Crippen molar-refractivity contribution >= 4 is 17.2 Å². The highest BCUT2D eigenvalue weighted by molar-refractivity contribution is 6.45. The van der Waals surface area contributed by atoms with Gasteiger partial charge in [-0.15, -0.1) is 0 Å². The van der Waals surface area contributed by atoms with Crippen molar-refractivity contribution in [1.82, 2.24) is 0 Å². The van der Waals surface area contributed by atoms with E-state index < -0.39 is 75.9 Å². The Kier molecular flexibility index (Phi) is 7.10. The number of alkyl halides is 15. The van der Waals surface area contributed by atoms with Gasteiger partial charge >= 0.3 is 30.9 Å².